The van der Waals surface area contributed by atoms with Gasteiger partial charge in [0.2, 0.25) is 0 Å². The Morgan fingerprint density at radius 2 is 1.73 bits per heavy atom. The zero-order chi connectivity index (χ0) is 15.5. The third-order valence-corrected chi connectivity index (χ3v) is 3.86. The summed E-state index contributed by atoms with van der Waals surface area (Å²) in [6.45, 7) is 1.55. The van der Waals surface area contributed by atoms with Crippen molar-refractivity contribution in [2.24, 2.45) is 5.92 Å². The molecule has 0 saturated carbocycles. The topological polar surface area (TPSA) is 21.3 Å². The molecule has 3 rings (SSSR count). The molecule has 2 aromatic carbocycles. The van der Waals surface area contributed by atoms with Crippen LogP contribution in [0.2, 0.25) is 0 Å². The summed E-state index contributed by atoms with van der Waals surface area (Å²) < 4.78 is 46.4. The molecule has 1 aliphatic heterocycles. The van der Waals surface area contributed by atoms with Crippen LogP contribution in [0, 0.1) is 23.4 Å². The van der Waals surface area contributed by atoms with E-state index in [1.807, 2.05) is 30.3 Å². The normalized spacial score (nSPS) is 19.1. The van der Waals surface area contributed by atoms with E-state index in [4.69, 9.17) is 4.74 Å². The number of nitrogens with one attached hydrogen (secondary N) is 1. The molecule has 0 unspecified atom stereocenters. The summed E-state index contributed by atoms with van der Waals surface area (Å²) in [6.07, 6.45) is 0.370. The molecule has 0 spiro atoms. The van der Waals surface area contributed by atoms with Crippen LogP contribution in [-0.2, 0) is 0 Å². The zero-order valence-corrected chi connectivity index (χ0v) is 11.9. The summed E-state index contributed by atoms with van der Waals surface area (Å²) in [5.41, 5.74) is 0.847. The van der Waals surface area contributed by atoms with Crippen LogP contribution in [-0.4, -0.2) is 13.1 Å². The van der Waals surface area contributed by atoms with Crippen LogP contribution >= 0.6 is 0 Å². The molecule has 2 aromatic rings. The summed E-state index contributed by atoms with van der Waals surface area (Å²) in [5.74, 6) is -3.43. The first-order valence-electron chi connectivity index (χ1n) is 7.22. The van der Waals surface area contributed by atoms with Crippen LogP contribution in [0.1, 0.15) is 18.1 Å². The molecule has 1 N–H and O–H groups in total. The van der Waals surface area contributed by atoms with E-state index in [9.17, 15) is 13.2 Å². The van der Waals surface area contributed by atoms with Crippen molar-refractivity contribution < 1.29 is 17.9 Å². The van der Waals surface area contributed by atoms with Gasteiger partial charge in [-0.15, -0.1) is 0 Å². The lowest BCUT2D eigenvalue weighted by atomic mass is 9.95. The second kappa shape index (κ2) is 6.40. The molecule has 116 valence electrons. The van der Waals surface area contributed by atoms with Gasteiger partial charge >= 0.3 is 0 Å². The summed E-state index contributed by atoms with van der Waals surface area (Å²) in [4.78, 5) is 0. The second-order valence-electron chi connectivity index (χ2n) is 5.40. The van der Waals surface area contributed by atoms with E-state index in [0.29, 0.717) is 18.7 Å². The quantitative estimate of drug-likeness (QED) is 0.927. The molecule has 5 heteroatoms. The number of benzene rings is 2. The third-order valence-electron chi connectivity index (χ3n) is 3.86. The molecule has 0 aromatic heterocycles. The van der Waals surface area contributed by atoms with Gasteiger partial charge in [0.05, 0.1) is 0 Å². The smallest absolute Gasteiger partial charge is 0.191 e. The summed E-state index contributed by atoms with van der Waals surface area (Å²) in [5, 5.41) is 3.22. The van der Waals surface area contributed by atoms with E-state index >= 15 is 0 Å². The molecule has 0 bridgehead atoms. The molecule has 1 saturated heterocycles. The van der Waals surface area contributed by atoms with Crippen molar-refractivity contribution >= 4 is 0 Å². The fourth-order valence-corrected chi connectivity index (χ4v) is 2.78. The second-order valence-corrected chi connectivity index (χ2v) is 5.40. The highest BCUT2D eigenvalue weighted by atomic mass is 19.1. The molecule has 1 heterocycles. The summed E-state index contributed by atoms with van der Waals surface area (Å²) in [6, 6.07) is 10.6. The van der Waals surface area contributed by atoms with Crippen molar-refractivity contribution in [3.8, 4) is 5.75 Å². The fraction of sp³-hybridized carbons (Fsp3) is 0.294. The van der Waals surface area contributed by atoms with Gasteiger partial charge in [-0.05, 0) is 18.5 Å². The first kappa shape index (κ1) is 14.9. The Morgan fingerprint density at radius 1 is 1.05 bits per heavy atom. The van der Waals surface area contributed by atoms with Crippen LogP contribution in [0.15, 0.2) is 42.5 Å². The van der Waals surface area contributed by atoms with Gasteiger partial charge in [-0.3, -0.25) is 0 Å². The molecule has 1 fully saturated rings. The van der Waals surface area contributed by atoms with E-state index < -0.39 is 29.3 Å². The standard InChI is InChI=1S/C17H16F3NO/c18-13-8-14(19)17(15(20)9-13)22-16(12-6-7-21-10-12)11-4-2-1-3-5-11/h1-5,8-9,12,16,21H,6-7,10H2/t12-,16-/m0/s1. The molecular weight excluding hydrogens is 291 g/mol. The van der Waals surface area contributed by atoms with E-state index in [0.717, 1.165) is 18.5 Å². The Balaban J connectivity index is 1.94. The van der Waals surface area contributed by atoms with Crippen LogP contribution in [0.3, 0.4) is 0 Å². The highest BCUT2D eigenvalue weighted by Gasteiger charge is 2.29. The highest BCUT2D eigenvalue weighted by Crippen LogP contribution is 2.34. The number of ether oxygens (including phenoxy) is 1. The maximum Gasteiger partial charge on any atom is 0.191 e. The minimum absolute atomic E-state index is 0.103. The molecular formula is C17H16F3NO. The number of halogens is 3. The van der Waals surface area contributed by atoms with Crippen molar-refractivity contribution in [1.82, 2.24) is 5.32 Å². The molecule has 2 atom stereocenters. The lowest BCUT2D eigenvalue weighted by molar-refractivity contribution is 0.131. The Morgan fingerprint density at radius 3 is 2.32 bits per heavy atom. The summed E-state index contributed by atoms with van der Waals surface area (Å²) in [7, 11) is 0. The molecule has 0 aliphatic carbocycles. The Kier molecular flexibility index (Phi) is 4.34. The van der Waals surface area contributed by atoms with Crippen molar-refractivity contribution in [2.75, 3.05) is 13.1 Å². The van der Waals surface area contributed by atoms with Crippen molar-refractivity contribution in [3.05, 3.63) is 65.5 Å². The minimum atomic E-state index is -1.02. The van der Waals surface area contributed by atoms with E-state index in [2.05, 4.69) is 5.32 Å². The maximum absolute atomic E-state index is 13.9. The van der Waals surface area contributed by atoms with Gasteiger partial charge in [-0.1, -0.05) is 30.3 Å². The van der Waals surface area contributed by atoms with E-state index in [-0.39, 0.29) is 5.92 Å². The lowest BCUT2D eigenvalue weighted by Crippen LogP contribution is -2.22. The third kappa shape index (κ3) is 3.09. The van der Waals surface area contributed by atoms with Gasteiger partial charge in [0, 0.05) is 24.6 Å². The largest absolute Gasteiger partial charge is 0.479 e. The average molecular weight is 307 g/mol. The molecule has 22 heavy (non-hydrogen) atoms. The van der Waals surface area contributed by atoms with Gasteiger partial charge in [-0.25, -0.2) is 13.2 Å². The number of rotatable bonds is 4. The van der Waals surface area contributed by atoms with E-state index in [1.165, 1.54) is 0 Å². The van der Waals surface area contributed by atoms with E-state index in [1.54, 1.807) is 0 Å². The van der Waals surface area contributed by atoms with Crippen LogP contribution < -0.4 is 10.1 Å². The molecule has 0 radical (unpaired) electrons. The minimum Gasteiger partial charge on any atom is -0.479 e. The monoisotopic (exact) mass is 307 g/mol. The predicted molar refractivity (Wildman–Crippen MR) is 77.1 cm³/mol. The van der Waals surface area contributed by atoms with Gasteiger partial charge < -0.3 is 10.1 Å². The molecule has 2 nitrogen and oxygen atoms in total. The van der Waals surface area contributed by atoms with Crippen LogP contribution in [0.5, 0.6) is 5.75 Å². The first-order chi connectivity index (χ1) is 10.6. The number of hydrogen-bond donors (Lipinski definition) is 1. The fourth-order valence-electron chi connectivity index (χ4n) is 2.78. The van der Waals surface area contributed by atoms with Crippen molar-refractivity contribution in [2.45, 2.75) is 12.5 Å². The first-order valence-corrected chi connectivity index (χ1v) is 7.22. The average Bonchev–Trinajstić information content (AvgIpc) is 3.01. The van der Waals surface area contributed by atoms with Crippen LogP contribution in [0.25, 0.3) is 0 Å². The summed E-state index contributed by atoms with van der Waals surface area (Å²) >= 11 is 0. The van der Waals surface area contributed by atoms with Crippen molar-refractivity contribution in [1.29, 1.82) is 0 Å². The SMILES string of the molecule is Fc1cc(F)c(O[C@@H](c2ccccc2)[C@H]2CCNC2)c(F)c1. The molecule has 0 amide bonds. The highest BCUT2D eigenvalue weighted by molar-refractivity contribution is 5.29. The van der Waals surface area contributed by atoms with Gasteiger partial charge in [0.1, 0.15) is 11.9 Å². The Labute approximate surface area is 126 Å². The lowest BCUT2D eigenvalue weighted by Gasteiger charge is -2.25. The van der Waals surface area contributed by atoms with Gasteiger partial charge in [-0.2, -0.15) is 0 Å². The Bertz CT molecular complexity index is 619. The predicted octanol–water partition coefficient (Wildman–Crippen LogP) is 3.83. The van der Waals surface area contributed by atoms with Crippen LogP contribution in [0.4, 0.5) is 13.2 Å². The Hall–Kier alpha value is -2.01. The van der Waals surface area contributed by atoms with Gasteiger partial charge in [0.15, 0.2) is 17.4 Å². The maximum atomic E-state index is 13.9. The molecule has 1 aliphatic rings. The van der Waals surface area contributed by atoms with Gasteiger partial charge in [0.25, 0.3) is 0 Å². The zero-order valence-electron chi connectivity index (χ0n) is 11.9. The van der Waals surface area contributed by atoms with Crippen molar-refractivity contribution in [3.63, 3.8) is 0 Å². The number of hydrogen-bond acceptors (Lipinski definition) is 2.